The first-order valence-corrected chi connectivity index (χ1v) is 9.55. The quantitative estimate of drug-likeness (QED) is 0.819. The number of nitrogens with one attached hydrogen (secondary N) is 2. The highest BCUT2D eigenvalue weighted by molar-refractivity contribution is 7.92. The maximum absolute atomic E-state index is 12.7. The summed E-state index contributed by atoms with van der Waals surface area (Å²) in [7, 11) is -2.15. The third-order valence-electron chi connectivity index (χ3n) is 4.31. The number of rotatable bonds is 6. The molecular formula is C18H21N3O3S. The fraction of sp³-hybridized carbons (Fsp3) is 0.278. The van der Waals surface area contributed by atoms with Crippen LogP contribution in [0.4, 0.5) is 5.69 Å². The van der Waals surface area contributed by atoms with Crippen LogP contribution in [0, 0.1) is 5.92 Å². The lowest BCUT2D eigenvalue weighted by Crippen LogP contribution is -2.48. The van der Waals surface area contributed by atoms with Gasteiger partial charge in [-0.05, 0) is 36.4 Å². The predicted octanol–water partition coefficient (Wildman–Crippen LogP) is 1.46. The minimum Gasteiger partial charge on any atom is -0.352 e. The van der Waals surface area contributed by atoms with Gasteiger partial charge in [-0.15, -0.1) is 0 Å². The Morgan fingerprint density at radius 3 is 2.32 bits per heavy atom. The summed E-state index contributed by atoms with van der Waals surface area (Å²) in [6.45, 7) is 2.47. The number of hydrogen-bond donors (Lipinski definition) is 2. The molecule has 0 atom stereocenters. The Kier molecular flexibility index (Phi) is 5.06. The second kappa shape index (κ2) is 7.25. The van der Waals surface area contributed by atoms with E-state index in [1.54, 1.807) is 36.4 Å². The highest BCUT2D eigenvalue weighted by Gasteiger charge is 2.22. The van der Waals surface area contributed by atoms with E-state index in [1.165, 1.54) is 23.5 Å². The fourth-order valence-corrected chi connectivity index (χ4v) is 3.74. The predicted molar refractivity (Wildman–Crippen MR) is 97.2 cm³/mol. The van der Waals surface area contributed by atoms with Gasteiger partial charge in [0, 0.05) is 38.2 Å². The summed E-state index contributed by atoms with van der Waals surface area (Å²) in [5.41, 5.74) is 1.03. The smallest absolute Gasteiger partial charge is 0.264 e. The Balaban J connectivity index is 1.71. The average Bonchev–Trinajstić information content (AvgIpc) is 2.60. The Hall–Kier alpha value is -2.38. The van der Waals surface area contributed by atoms with Gasteiger partial charge in [0.2, 0.25) is 0 Å². The normalized spacial score (nSPS) is 14.6. The molecule has 25 heavy (non-hydrogen) atoms. The van der Waals surface area contributed by atoms with Gasteiger partial charge in [0.15, 0.2) is 0 Å². The van der Waals surface area contributed by atoms with Crippen molar-refractivity contribution >= 4 is 21.6 Å². The number of nitrogens with zero attached hydrogens (tertiary/aromatic N) is 1. The van der Waals surface area contributed by atoms with Gasteiger partial charge in [-0.2, -0.15) is 0 Å². The van der Waals surface area contributed by atoms with Crippen LogP contribution < -0.4 is 14.9 Å². The zero-order chi connectivity index (χ0) is 17.9. The van der Waals surface area contributed by atoms with Crippen LogP contribution in [0.25, 0.3) is 0 Å². The van der Waals surface area contributed by atoms with Gasteiger partial charge in [0.05, 0.1) is 10.6 Å². The van der Waals surface area contributed by atoms with Crippen LogP contribution in [0.1, 0.15) is 10.4 Å². The van der Waals surface area contributed by atoms with Gasteiger partial charge in [-0.1, -0.05) is 18.2 Å². The molecule has 2 aromatic rings. The van der Waals surface area contributed by atoms with E-state index in [9.17, 15) is 13.2 Å². The van der Waals surface area contributed by atoms with Gasteiger partial charge >= 0.3 is 0 Å². The van der Waals surface area contributed by atoms with Crippen molar-refractivity contribution < 1.29 is 13.2 Å². The molecule has 0 aliphatic carbocycles. The molecule has 1 aliphatic rings. The molecular weight excluding hydrogens is 338 g/mol. The summed E-state index contributed by atoms with van der Waals surface area (Å²) in [5, 5.41) is 6.02. The van der Waals surface area contributed by atoms with Crippen LogP contribution in [0.5, 0.6) is 0 Å². The molecule has 0 bridgehead atoms. The molecule has 1 amide bonds. The zero-order valence-corrected chi connectivity index (χ0v) is 14.8. The molecule has 1 heterocycles. The molecule has 3 rings (SSSR count). The van der Waals surface area contributed by atoms with Gasteiger partial charge in [0.1, 0.15) is 0 Å². The first-order valence-electron chi connectivity index (χ1n) is 8.11. The second-order valence-corrected chi connectivity index (χ2v) is 8.04. The van der Waals surface area contributed by atoms with Crippen molar-refractivity contribution in [3.8, 4) is 0 Å². The molecule has 0 unspecified atom stereocenters. The molecule has 2 aromatic carbocycles. The summed E-state index contributed by atoms with van der Waals surface area (Å²) in [5.74, 6) is 0.287. The molecule has 0 radical (unpaired) electrons. The van der Waals surface area contributed by atoms with Crippen molar-refractivity contribution in [1.29, 1.82) is 0 Å². The van der Waals surface area contributed by atoms with E-state index in [4.69, 9.17) is 0 Å². The molecule has 132 valence electrons. The zero-order valence-electron chi connectivity index (χ0n) is 14.0. The number of para-hydroxylation sites is 1. The Morgan fingerprint density at radius 2 is 1.76 bits per heavy atom. The molecule has 2 N–H and O–H groups in total. The third-order valence-corrected chi connectivity index (χ3v) is 6.11. The van der Waals surface area contributed by atoms with Gasteiger partial charge in [-0.3, -0.25) is 9.10 Å². The van der Waals surface area contributed by atoms with E-state index in [1.807, 2.05) is 6.07 Å². The number of anilines is 1. The number of sulfonamides is 1. The van der Waals surface area contributed by atoms with E-state index in [-0.39, 0.29) is 10.8 Å². The van der Waals surface area contributed by atoms with Crippen molar-refractivity contribution in [2.45, 2.75) is 4.90 Å². The molecule has 7 heteroatoms. The Morgan fingerprint density at radius 1 is 1.12 bits per heavy atom. The first-order chi connectivity index (χ1) is 12.0. The molecule has 1 fully saturated rings. The molecule has 1 saturated heterocycles. The van der Waals surface area contributed by atoms with Crippen LogP contribution in [0.3, 0.4) is 0 Å². The lowest BCUT2D eigenvalue weighted by atomic mass is 10.0. The monoisotopic (exact) mass is 359 g/mol. The SMILES string of the molecule is CN(c1ccccc1)S(=O)(=O)c1ccc(C(=O)NCC2CNC2)cc1. The number of carbonyl (C=O) groups excluding carboxylic acids is 1. The van der Waals surface area contributed by atoms with E-state index in [0.717, 1.165) is 13.1 Å². The fourth-order valence-electron chi connectivity index (χ4n) is 2.54. The highest BCUT2D eigenvalue weighted by Crippen LogP contribution is 2.21. The van der Waals surface area contributed by atoms with Crippen LogP contribution in [0.2, 0.25) is 0 Å². The van der Waals surface area contributed by atoms with Crippen LogP contribution in [0.15, 0.2) is 59.5 Å². The van der Waals surface area contributed by atoms with Crippen LogP contribution in [-0.2, 0) is 10.0 Å². The Bertz CT molecular complexity index is 832. The average molecular weight is 359 g/mol. The maximum Gasteiger partial charge on any atom is 0.264 e. The largest absolute Gasteiger partial charge is 0.352 e. The van der Waals surface area contributed by atoms with Crippen molar-refractivity contribution in [3.63, 3.8) is 0 Å². The van der Waals surface area contributed by atoms with Gasteiger partial charge in [0.25, 0.3) is 15.9 Å². The molecule has 0 saturated carbocycles. The summed E-state index contributed by atoms with van der Waals surface area (Å²) < 4.78 is 26.6. The van der Waals surface area contributed by atoms with E-state index >= 15 is 0 Å². The first kappa shape index (κ1) is 17.4. The molecule has 0 aromatic heterocycles. The van der Waals surface area contributed by atoms with Crippen molar-refractivity contribution in [3.05, 3.63) is 60.2 Å². The lowest BCUT2D eigenvalue weighted by molar-refractivity contribution is 0.0942. The number of hydrogen-bond acceptors (Lipinski definition) is 4. The summed E-state index contributed by atoms with van der Waals surface area (Å²) in [6, 6.07) is 14.9. The molecule has 1 aliphatic heterocycles. The minimum atomic E-state index is -3.66. The Labute approximate surface area is 147 Å². The number of amides is 1. The third kappa shape index (κ3) is 3.83. The standard InChI is InChI=1S/C18H21N3O3S/c1-21(16-5-3-2-4-6-16)25(23,24)17-9-7-15(8-10-17)18(22)20-13-14-11-19-12-14/h2-10,14,19H,11-13H2,1H3,(H,20,22). The lowest BCUT2D eigenvalue weighted by Gasteiger charge is -2.27. The summed E-state index contributed by atoms with van der Waals surface area (Å²) in [4.78, 5) is 12.3. The van der Waals surface area contributed by atoms with E-state index < -0.39 is 10.0 Å². The second-order valence-electron chi connectivity index (χ2n) is 6.07. The number of carbonyl (C=O) groups is 1. The van der Waals surface area contributed by atoms with E-state index in [2.05, 4.69) is 10.6 Å². The molecule has 0 spiro atoms. The number of benzene rings is 2. The summed E-state index contributed by atoms with van der Waals surface area (Å²) in [6.07, 6.45) is 0. The van der Waals surface area contributed by atoms with Crippen LogP contribution in [-0.4, -0.2) is 41.0 Å². The van der Waals surface area contributed by atoms with Crippen LogP contribution >= 0.6 is 0 Å². The topological polar surface area (TPSA) is 78.5 Å². The van der Waals surface area contributed by atoms with Crippen molar-refractivity contribution in [2.24, 2.45) is 5.92 Å². The van der Waals surface area contributed by atoms with Crippen molar-refractivity contribution in [1.82, 2.24) is 10.6 Å². The molecule has 6 nitrogen and oxygen atoms in total. The highest BCUT2D eigenvalue weighted by atomic mass is 32.2. The van der Waals surface area contributed by atoms with Gasteiger partial charge in [-0.25, -0.2) is 8.42 Å². The maximum atomic E-state index is 12.7. The summed E-state index contributed by atoms with van der Waals surface area (Å²) >= 11 is 0. The van der Waals surface area contributed by atoms with Crippen molar-refractivity contribution in [2.75, 3.05) is 31.0 Å². The van der Waals surface area contributed by atoms with Gasteiger partial charge < -0.3 is 10.6 Å². The van der Waals surface area contributed by atoms with E-state index in [0.29, 0.717) is 23.7 Å². The minimum absolute atomic E-state index is 0.151.